The molecule has 1 saturated heterocycles. The average molecular weight is 430 g/mol. The van der Waals surface area contributed by atoms with Gasteiger partial charge in [-0.3, -0.25) is 4.79 Å². The summed E-state index contributed by atoms with van der Waals surface area (Å²) in [5.74, 6) is -0.171. The molecule has 1 aliphatic heterocycles. The third kappa shape index (κ3) is 5.81. The number of alkyl halides is 3. The van der Waals surface area contributed by atoms with Crippen LogP contribution in [0.15, 0.2) is 29.2 Å². The van der Waals surface area contributed by atoms with E-state index in [1.165, 1.54) is 17.9 Å². The number of hydrogen-bond acceptors (Lipinski definition) is 4. The lowest BCUT2D eigenvalue weighted by Gasteiger charge is -2.22. The van der Waals surface area contributed by atoms with Gasteiger partial charge in [-0.1, -0.05) is 12.1 Å². The van der Waals surface area contributed by atoms with Crippen molar-refractivity contribution in [2.45, 2.75) is 30.5 Å². The number of carbonyl (C=O) groups excluding carboxylic acids is 1. The minimum Gasteiger partial charge on any atom is -0.341 e. The van der Waals surface area contributed by atoms with E-state index < -0.39 is 38.6 Å². The topological polar surface area (TPSA) is 78.5 Å². The Bertz CT molecular complexity index is 759. The van der Waals surface area contributed by atoms with Gasteiger partial charge >= 0.3 is 6.18 Å². The maximum Gasteiger partial charge on any atom is 0.417 e. The monoisotopic (exact) mass is 429 g/mol. The van der Waals surface area contributed by atoms with Gasteiger partial charge in [0.25, 0.3) is 0 Å². The van der Waals surface area contributed by atoms with Crippen LogP contribution in [0.5, 0.6) is 0 Å². The molecule has 0 aromatic heterocycles. The molecule has 2 N–H and O–H groups in total. The van der Waals surface area contributed by atoms with Crippen LogP contribution < -0.4 is 10.0 Å². The number of rotatable bonds is 6. The Labute approximate surface area is 163 Å². The summed E-state index contributed by atoms with van der Waals surface area (Å²) >= 11 is 0. The van der Waals surface area contributed by atoms with Gasteiger partial charge in [0.2, 0.25) is 15.9 Å². The summed E-state index contributed by atoms with van der Waals surface area (Å²) in [4.78, 5) is 13.1. The molecular formula is C16H23ClF3N3O3S. The molecule has 0 radical (unpaired) electrons. The standard InChI is InChI=1S/C16H22F3N3O3S.ClH/c1-11(15(23)22-8-7-12(10-22)9-20-2)21-26(24,25)14-6-4-3-5-13(14)16(17,18)19;/h3-6,11-12,20-21H,7-10H2,1-2H3;1H. The van der Waals surface area contributed by atoms with Crippen molar-refractivity contribution in [2.24, 2.45) is 5.92 Å². The molecule has 0 spiro atoms. The smallest absolute Gasteiger partial charge is 0.341 e. The van der Waals surface area contributed by atoms with Crippen molar-refractivity contribution in [3.8, 4) is 0 Å². The van der Waals surface area contributed by atoms with Gasteiger partial charge < -0.3 is 10.2 Å². The zero-order valence-electron chi connectivity index (χ0n) is 14.9. The fraction of sp³-hybridized carbons (Fsp3) is 0.562. The van der Waals surface area contributed by atoms with Gasteiger partial charge in [0, 0.05) is 13.1 Å². The summed E-state index contributed by atoms with van der Waals surface area (Å²) in [5, 5.41) is 3.02. The van der Waals surface area contributed by atoms with Crippen LogP contribution in [-0.2, 0) is 21.0 Å². The number of carbonyl (C=O) groups is 1. The molecule has 0 bridgehead atoms. The summed E-state index contributed by atoms with van der Waals surface area (Å²) in [6.45, 7) is 3.06. The predicted octanol–water partition coefficient (Wildman–Crippen LogP) is 1.86. The highest BCUT2D eigenvalue weighted by molar-refractivity contribution is 7.89. The Hall–Kier alpha value is -1.36. The minimum atomic E-state index is -4.81. The maximum atomic E-state index is 13.1. The van der Waals surface area contributed by atoms with Crippen molar-refractivity contribution in [3.63, 3.8) is 0 Å². The van der Waals surface area contributed by atoms with E-state index in [0.29, 0.717) is 19.2 Å². The summed E-state index contributed by atoms with van der Waals surface area (Å²) in [7, 11) is -2.70. The van der Waals surface area contributed by atoms with Gasteiger partial charge in [0.1, 0.15) is 0 Å². The Morgan fingerprint density at radius 1 is 1.33 bits per heavy atom. The summed E-state index contributed by atoms with van der Waals surface area (Å²) in [5.41, 5.74) is -1.26. The summed E-state index contributed by atoms with van der Waals surface area (Å²) in [6, 6.07) is 2.74. The molecule has 1 fully saturated rings. The Morgan fingerprint density at radius 3 is 2.56 bits per heavy atom. The zero-order chi connectivity index (χ0) is 19.5. The third-order valence-corrected chi connectivity index (χ3v) is 5.87. The lowest BCUT2D eigenvalue weighted by Crippen LogP contribution is -2.46. The lowest BCUT2D eigenvalue weighted by atomic mass is 10.1. The molecule has 1 amide bonds. The number of sulfonamides is 1. The van der Waals surface area contributed by atoms with Crippen LogP contribution in [0, 0.1) is 5.92 Å². The molecule has 1 aliphatic rings. The first-order valence-corrected chi connectivity index (χ1v) is 9.66. The van der Waals surface area contributed by atoms with E-state index in [4.69, 9.17) is 0 Å². The highest BCUT2D eigenvalue weighted by atomic mass is 35.5. The molecule has 1 heterocycles. The Kier molecular flexibility index (Phi) is 8.09. The van der Waals surface area contributed by atoms with E-state index in [0.717, 1.165) is 25.1 Å². The molecule has 0 aliphatic carbocycles. The zero-order valence-corrected chi connectivity index (χ0v) is 16.5. The second-order valence-electron chi connectivity index (χ2n) is 6.33. The number of nitrogens with one attached hydrogen (secondary N) is 2. The molecule has 2 atom stereocenters. The molecule has 0 saturated carbocycles. The van der Waals surface area contributed by atoms with Crippen LogP contribution in [0.3, 0.4) is 0 Å². The van der Waals surface area contributed by atoms with Gasteiger partial charge in [-0.15, -0.1) is 12.4 Å². The number of nitrogens with zero attached hydrogens (tertiary/aromatic N) is 1. The lowest BCUT2D eigenvalue weighted by molar-refractivity contribution is -0.139. The van der Waals surface area contributed by atoms with Gasteiger partial charge in [-0.05, 0) is 45.0 Å². The van der Waals surface area contributed by atoms with E-state index in [1.807, 2.05) is 0 Å². The van der Waals surface area contributed by atoms with Crippen molar-refractivity contribution < 1.29 is 26.4 Å². The quantitative estimate of drug-likeness (QED) is 0.723. The number of likely N-dealkylation sites (tertiary alicyclic amines) is 1. The first-order chi connectivity index (χ1) is 12.1. The highest BCUT2D eigenvalue weighted by Gasteiger charge is 2.38. The maximum absolute atomic E-state index is 13.1. The molecule has 154 valence electrons. The second-order valence-corrected chi connectivity index (χ2v) is 8.02. The van der Waals surface area contributed by atoms with E-state index in [-0.39, 0.29) is 18.3 Å². The Balaban J connectivity index is 0.00000364. The van der Waals surface area contributed by atoms with Crippen molar-refractivity contribution in [2.75, 3.05) is 26.7 Å². The highest BCUT2D eigenvalue weighted by Crippen LogP contribution is 2.34. The number of hydrogen-bond donors (Lipinski definition) is 2. The minimum absolute atomic E-state index is 0. The predicted molar refractivity (Wildman–Crippen MR) is 97.1 cm³/mol. The first-order valence-electron chi connectivity index (χ1n) is 8.18. The Morgan fingerprint density at radius 2 is 1.96 bits per heavy atom. The van der Waals surface area contributed by atoms with Crippen LogP contribution in [0.2, 0.25) is 0 Å². The van der Waals surface area contributed by atoms with Crippen LogP contribution in [-0.4, -0.2) is 51.9 Å². The van der Waals surface area contributed by atoms with Gasteiger partial charge in [0.05, 0.1) is 16.5 Å². The van der Waals surface area contributed by atoms with Gasteiger partial charge in [0.15, 0.2) is 0 Å². The van der Waals surface area contributed by atoms with Crippen LogP contribution in [0.25, 0.3) is 0 Å². The summed E-state index contributed by atoms with van der Waals surface area (Å²) < 4.78 is 66.1. The average Bonchev–Trinajstić information content (AvgIpc) is 3.02. The first kappa shape index (κ1) is 23.7. The van der Waals surface area contributed by atoms with E-state index in [1.54, 1.807) is 7.05 Å². The largest absolute Gasteiger partial charge is 0.417 e. The van der Waals surface area contributed by atoms with Crippen molar-refractivity contribution in [1.29, 1.82) is 0 Å². The van der Waals surface area contributed by atoms with Crippen molar-refractivity contribution in [3.05, 3.63) is 29.8 Å². The number of benzene rings is 1. The summed E-state index contributed by atoms with van der Waals surface area (Å²) in [6.07, 6.45) is -4.02. The molecule has 6 nitrogen and oxygen atoms in total. The number of amides is 1. The van der Waals surface area contributed by atoms with Crippen LogP contribution in [0.4, 0.5) is 13.2 Å². The molecule has 11 heteroatoms. The normalized spacial score (nSPS) is 18.9. The molecule has 2 unspecified atom stereocenters. The molecule has 1 aromatic rings. The fourth-order valence-electron chi connectivity index (χ4n) is 3.04. The SMILES string of the molecule is CNCC1CCN(C(=O)C(C)NS(=O)(=O)c2ccccc2C(F)(F)F)C1.Cl. The van der Waals surface area contributed by atoms with E-state index in [2.05, 4.69) is 10.0 Å². The van der Waals surface area contributed by atoms with Crippen LogP contribution in [0.1, 0.15) is 18.9 Å². The van der Waals surface area contributed by atoms with Crippen LogP contribution >= 0.6 is 12.4 Å². The third-order valence-electron chi connectivity index (χ3n) is 4.27. The molecule has 27 heavy (non-hydrogen) atoms. The van der Waals surface area contributed by atoms with E-state index >= 15 is 0 Å². The van der Waals surface area contributed by atoms with Crippen molar-refractivity contribution in [1.82, 2.24) is 14.9 Å². The molecule has 2 rings (SSSR count). The van der Waals surface area contributed by atoms with E-state index in [9.17, 15) is 26.4 Å². The fourth-order valence-corrected chi connectivity index (χ4v) is 4.47. The van der Waals surface area contributed by atoms with Gasteiger partial charge in [-0.25, -0.2) is 8.42 Å². The second kappa shape index (κ2) is 9.22. The van der Waals surface area contributed by atoms with Gasteiger partial charge in [-0.2, -0.15) is 17.9 Å². The van der Waals surface area contributed by atoms with Crippen molar-refractivity contribution >= 4 is 28.3 Å². The number of halogens is 4. The molecular weight excluding hydrogens is 407 g/mol. The molecule has 1 aromatic carbocycles.